The van der Waals surface area contributed by atoms with Gasteiger partial charge in [-0.2, -0.15) is 0 Å². The Kier molecular flexibility index (Phi) is 5.41. The Bertz CT molecular complexity index is 1090. The maximum Gasteiger partial charge on any atom is 0.294 e. The molecule has 3 aromatic rings. The number of rotatable bonds is 4. The van der Waals surface area contributed by atoms with Crippen molar-refractivity contribution in [1.29, 1.82) is 0 Å². The molecule has 1 amide bonds. The highest BCUT2D eigenvalue weighted by Crippen LogP contribution is 2.32. The summed E-state index contributed by atoms with van der Waals surface area (Å²) >= 11 is 5.91. The molecule has 1 aliphatic rings. The quantitative estimate of drug-likeness (QED) is 0.459. The number of aryl methyl sites for hydroxylation is 1. The van der Waals surface area contributed by atoms with Crippen molar-refractivity contribution in [2.24, 2.45) is 0 Å². The molecule has 0 unspecified atom stereocenters. The lowest BCUT2D eigenvalue weighted by atomic mass is 10.0. The molecular formula is C21H19ClN4O4. The number of benzene rings is 2. The van der Waals surface area contributed by atoms with Gasteiger partial charge in [-0.3, -0.25) is 14.9 Å². The van der Waals surface area contributed by atoms with Crippen LogP contribution in [0.5, 0.6) is 0 Å². The maximum atomic E-state index is 13.2. The maximum absolute atomic E-state index is 13.2. The van der Waals surface area contributed by atoms with Crippen LogP contribution in [0.2, 0.25) is 5.02 Å². The van der Waals surface area contributed by atoms with Crippen molar-refractivity contribution in [3.05, 3.63) is 75.0 Å². The molecule has 1 aromatic heterocycles. The van der Waals surface area contributed by atoms with Gasteiger partial charge in [-0.15, -0.1) is 0 Å². The van der Waals surface area contributed by atoms with E-state index in [2.05, 4.69) is 5.16 Å². The number of nitrogens with zero attached hydrogens (tertiary/aromatic N) is 4. The SMILES string of the molecule is Cc1onc(-c2ccccc2)c1C(=O)N1CCN(c2ccc(Cl)cc2[N+](=O)[O-])CC1. The van der Waals surface area contributed by atoms with Crippen LogP contribution in [0.4, 0.5) is 11.4 Å². The summed E-state index contributed by atoms with van der Waals surface area (Å²) in [6.45, 7) is 3.52. The lowest BCUT2D eigenvalue weighted by Gasteiger charge is -2.35. The molecule has 154 valence electrons. The fourth-order valence-corrected chi connectivity index (χ4v) is 3.80. The fourth-order valence-electron chi connectivity index (χ4n) is 3.64. The molecular weight excluding hydrogens is 408 g/mol. The van der Waals surface area contributed by atoms with Crippen LogP contribution in [0.3, 0.4) is 0 Å². The topological polar surface area (TPSA) is 92.7 Å². The monoisotopic (exact) mass is 426 g/mol. The van der Waals surface area contributed by atoms with E-state index in [-0.39, 0.29) is 11.6 Å². The summed E-state index contributed by atoms with van der Waals surface area (Å²) in [7, 11) is 0. The van der Waals surface area contributed by atoms with Crippen LogP contribution in [0.25, 0.3) is 11.3 Å². The van der Waals surface area contributed by atoms with Crippen molar-refractivity contribution in [2.75, 3.05) is 31.1 Å². The standard InChI is InChI=1S/C21H19ClN4O4/c1-14-19(20(23-30-14)15-5-3-2-4-6-15)21(27)25-11-9-24(10-12-25)17-8-7-16(22)13-18(17)26(28)29/h2-8,13H,9-12H2,1H3. The molecule has 30 heavy (non-hydrogen) atoms. The molecule has 2 heterocycles. The Hall–Kier alpha value is -3.39. The van der Waals surface area contributed by atoms with Gasteiger partial charge < -0.3 is 14.3 Å². The van der Waals surface area contributed by atoms with Gasteiger partial charge in [0.2, 0.25) is 0 Å². The second kappa shape index (κ2) is 8.16. The minimum atomic E-state index is -0.439. The molecule has 0 radical (unpaired) electrons. The van der Waals surface area contributed by atoms with Gasteiger partial charge in [0, 0.05) is 42.8 Å². The smallest absolute Gasteiger partial charge is 0.294 e. The first kappa shape index (κ1) is 19.9. The lowest BCUT2D eigenvalue weighted by molar-refractivity contribution is -0.384. The van der Waals surface area contributed by atoms with Gasteiger partial charge in [0.1, 0.15) is 22.7 Å². The van der Waals surface area contributed by atoms with Crippen molar-refractivity contribution in [3.8, 4) is 11.3 Å². The fraction of sp³-hybridized carbons (Fsp3) is 0.238. The first-order chi connectivity index (χ1) is 14.5. The summed E-state index contributed by atoms with van der Waals surface area (Å²) in [6.07, 6.45) is 0. The summed E-state index contributed by atoms with van der Waals surface area (Å²) < 4.78 is 5.31. The molecule has 0 saturated carbocycles. The number of aromatic nitrogens is 1. The van der Waals surface area contributed by atoms with E-state index in [0.717, 1.165) is 5.56 Å². The third kappa shape index (κ3) is 3.73. The first-order valence-corrected chi connectivity index (χ1v) is 9.83. The molecule has 8 nitrogen and oxygen atoms in total. The average Bonchev–Trinajstić information content (AvgIpc) is 3.15. The van der Waals surface area contributed by atoms with E-state index in [1.54, 1.807) is 24.0 Å². The highest BCUT2D eigenvalue weighted by atomic mass is 35.5. The molecule has 1 aliphatic heterocycles. The number of anilines is 1. The van der Waals surface area contributed by atoms with Crippen LogP contribution in [-0.2, 0) is 0 Å². The van der Waals surface area contributed by atoms with Crippen molar-refractivity contribution in [3.63, 3.8) is 0 Å². The number of hydrogen-bond acceptors (Lipinski definition) is 6. The van der Waals surface area contributed by atoms with Gasteiger partial charge in [0.15, 0.2) is 0 Å². The van der Waals surface area contributed by atoms with E-state index in [4.69, 9.17) is 16.1 Å². The second-order valence-corrected chi connectivity index (χ2v) is 7.43. The number of nitro benzene ring substituents is 1. The third-order valence-electron chi connectivity index (χ3n) is 5.17. The Balaban J connectivity index is 1.53. The Morgan fingerprint density at radius 1 is 1.13 bits per heavy atom. The third-order valence-corrected chi connectivity index (χ3v) is 5.40. The highest BCUT2D eigenvalue weighted by Gasteiger charge is 2.30. The van der Waals surface area contributed by atoms with Crippen LogP contribution < -0.4 is 4.90 Å². The molecule has 9 heteroatoms. The van der Waals surface area contributed by atoms with Crippen LogP contribution in [-0.4, -0.2) is 47.1 Å². The van der Waals surface area contributed by atoms with E-state index >= 15 is 0 Å². The number of piperazine rings is 1. The Morgan fingerprint density at radius 3 is 2.50 bits per heavy atom. The molecule has 0 N–H and O–H groups in total. The van der Waals surface area contributed by atoms with Gasteiger partial charge in [-0.1, -0.05) is 47.1 Å². The normalized spacial score (nSPS) is 14.1. The molecule has 2 aromatic carbocycles. The van der Waals surface area contributed by atoms with Crippen molar-refractivity contribution in [1.82, 2.24) is 10.1 Å². The molecule has 0 bridgehead atoms. The molecule has 0 atom stereocenters. The largest absolute Gasteiger partial charge is 0.362 e. The predicted octanol–water partition coefficient (Wildman–Crippen LogP) is 4.17. The van der Waals surface area contributed by atoms with E-state index in [1.807, 2.05) is 35.2 Å². The van der Waals surface area contributed by atoms with Crippen molar-refractivity contribution >= 4 is 28.9 Å². The van der Waals surface area contributed by atoms with Gasteiger partial charge in [0.05, 0.1) is 4.92 Å². The highest BCUT2D eigenvalue weighted by molar-refractivity contribution is 6.30. The predicted molar refractivity (Wildman–Crippen MR) is 113 cm³/mol. The van der Waals surface area contributed by atoms with Gasteiger partial charge in [0.25, 0.3) is 11.6 Å². The zero-order chi connectivity index (χ0) is 21.3. The Morgan fingerprint density at radius 2 is 1.83 bits per heavy atom. The Labute approximate surface area is 177 Å². The minimum absolute atomic E-state index is 0.0384. The van der Waals surface area contributed by atoms with Crippen LogP contribution in [0, 0.1) is 17.0 Å². The van der Waals surface area contributed by atoms with E-state index in [1.165, 1.54) is 6.07 Å². The molecule has 1 fully saturated rings. The van der Waals surface area contributed by atoms with Crippen LogP contribution >= 0.6 is 11.6 Å². The summed E-state index contributed by atoms with van der Waals surface area (Å²) in [4.78, 5) is 27.8. The number of carbonyl (C=O) groups excluding carboxylic acids is 1. The van der Waals surface area contributed by atoms with E-state index in [0.29, 0.717) is 53.9 Å². The summed E-state index contributed by atoms with van der Waals surface area (Å²) in [6, 6.07) is 14.0. The van der Waals surface area contributed by atoms with Crippen molar-refractivity contribution < 1.29 is 14.2 Å². The van der Waals surface area contributed by atoms with Crippen molar-refractivity contribution in [2.45, 2.75) is 6.92 Å². The zero-order valence-corrected chi connectivity index (χ0v) is 17.0. The summed E-state index contributed by atoms with van der Waals surface area (Å²) in [5.41, 5.74) is 2.25. The number of carbonyl (C=O) groups is 1. The molecule has 1 saturated heterocycles. The molecule has 4 rings (SSSR count). The van der Waals surface area contributed by atoms with Gasteiger partial charge in [-0.25, -0.2) is 0 Å². The zero-order valence-electron chi connectivity index (χ0n) is 16.2. The van der Waals surface area contributed by atoms with Crippen LogP contribution in [0.1, 0.15) is 16.1 Å². The number of nitro groups is 1. The number of hydrogen-bond donors (Lipinski definition) is 0. The number of amides is 1. The summed E-state index contributed by atoms with van der Waals surface area (Å²) in [5.74, 6) is 0.312. The van der Waals surface area contributed by atoms with E-state index < -0.39 is 4.92 Å². The summed E-state index contributed by atoms with van der Waals surface area (Å²) in [5, 5.41) is 15.8. The van der Waals surface area contributed by atoms with Gasteiger partial charge >= 0.3 is 0 Å². The van der Waals surface area contributed by atoms with E-state index in [9.17, 15) is 14.9 Å². The van der Waals surface area contributed by atoms with Crippen LogP contribution in [0.15, 0.2) is 53.1 Å². The minimum Gasteiger partial charge on any atom is -0.362 e. The van der Waals surface area contributed by atoms with Gasteiger partial charge in [-0.05, 0) is 19.1 Å². The number of halogens is 1. The molecule has 0 spiro atoms. The first-order valence-electron chi connectivity index (χ1n) is 9.45. The lowest BCUT2D eigenvalue weighted by Crippen LogP contribution is -2.49. The average molecular weight is 427 g/mol. The molecule has 0 aliphatic carbocycles. The second-order valence-electron chi connectivity index (χ2n) is 7.00.